The molecule has 0 radical (unpaired) electrons. The van der Waals surface area contributed by atoms with Gasteiger partial charge in [-0.05, 0) is 38.1 Å². The van der Waals surface area contributed by atoms with Gasteiger partial charge in [-0.2, -0.15) is 17.9 Å². The van der Waals surface area contributed by atoms with E-state index in [1.165, 1.54) is 6.92 Å². The maximum atomic E-state index is 12.4. The SMILES string of the molecule is CCNC(=O)[C@@H](C)NS(=O)(=O)c1ccc(C(F)(F)F)cc1. The van der Waals surface area contributed by atoms with Crippen LogP contribution < -0.4 is 10.0 Å². The Morgan fingerprint density at radius 1 is 1.24 bits per heavy atom. The normalized spacial score (nSPS) is 13.8. The molecule has 21 heavy (non-hydrogen) atoms. The minimum Gasteiger partial charge on any atom is -0.355 e. The average molecular weight is 324 g/mol. The van der Waals surface area contributed by atoms with Gasteiger partial charge in [0.25, 0.3) is 0 Å². The zero-order valence-corrected chi connectivity index (χ0v) is 12.2. The van der Waals surface area contributed by atoms with Gasteiger partial charge < -0.3 is 5.32 Å². The van der Waals surface area contributed by atoms with E-state index >= 15 is 0 Å². The van der Waals surface area contributed by atoms with Crippen molar-refractivity contribution in [3.05, 3.63) is 29.8 Å². The first-order valence-corrected chi connectivity index (χ1v) is 7.53. The van der Waals surface area contributed by atoms with E-state index in [2.05, 4.69) is 10.0 Å². The van der Waals surface area contributed by atoms with Crippen LogP contribution in [0.15, 0.2) is 29.2 Å². The summed E-state index contributed by atoms with van der Waals surface area (Å²) in [6, 6.07) is 2.00. The van der Waals surface area contributed by atoms with Gasteiger partial charge in [0.15, 0.2) is 0 Å². The van der Waals surface area contributed by atoms with Crippen LogP contribution in [0.25, 0.3) is 0 Å². The number of hydrogen-bond donors (Lipinski definition) is 2. The largest absolute Gasteiger partial charge is 0.416 e. The van der Waals surface area contributed by atoms with Crippen LogP contribution in [0.1, 0.15) is 19.4 Å². The fourth-order valence-corrected chi connectivity index (χ4v) is 2.71. The van der Waals surface area contributed by atoms with E-state index in [-0.39, 0.29) is 4.90 Å². The number of sulfonamides is 1. The van der Waals surface area contributed by atoms with Crippen molar-refractivity contribution >= 4 is 15.9 Å². The number of halogens is 3. The van der Waals surface area contributed by atoms with Crippen LogP contribution in [-0.2, 0) is 21.0 Å². The van der Waals surface area contributed by atoms with Crippen molar-refractivity contribution in [3.8, 4) is 0 Å². The Hall–Kier alpha value is -1.61. The van der Waals surface area contributed by atoms with Crippen LogP contribution in [-0.4, -0.2) is 26.9 Å². The van der Waals surface area contributed by atoms with Gasteiger partial charge in [0.05, 0.1) is 16.5 Å². The molecule has 0 aliphatic carbocycles. The molecule has 0 unspecified atom stereocenters. The Morgan fingerprint density at radius 3 is 2.19 bits per heavy atom. The van der Waals surface area contributed by atoms with E-state index in [0.29, 0.717) is 18.7 Å². The maximum Gasteiger partial charge on any atom is 0.416 e. The van der Waals surface area contributed by atoms with Crippen molar-refractivity contribution in [2.75, 3.05) is 6.54 Å². The number of alkyl halides is 3. The summed E-state index contributed by atoms with van der Waals surface area (Å²) in [7, 11) is -4.06. The predicted octanol–water partition coefficient (Wildman–Crippen LogP) is 1.51. The second-order valence-electron chi connectivity index (χ2n) is 4.26. The van der Waals surface area contributed by atoms with Gasteiger partial charge in [0.1, 0.15) is 0 Å². The highest BCUT2D eigenvalue weighted by molar-refractivity contribution is 7.89. The average Bonchev–Trinajstić information content (AvgIpc) is 2.37. The third-order valence-corrected chi connectivity index (χ3v) is 4.12. The van der Waals surface area contributed by atoms with E-state index in [4.69, 9.17) is 0 Å². The van der Waals surface area contributed by atoms with Crippen molar-refractivity contribution in [1.82, 2.24) is 10.0 Å². The predicted molar refractivity (Wildman–Crippen MR) is 69.9 cm³/mol. The minimum absolute atomic E-state index is 0.338. The summed E-state index contributed by atoms with van der Waals surface area (Å²) in [5, 5.41) is 2.43. The molecular weight excluding hydrogens is 309 g/mol. The zero-order valence-electron chi connectivity index (χ0n) is 11.4. The lowest BCUT2D eigenvalue weighted by atomic mass is 10.2. The lowest BCUT2D eigenvalue weighted by molar-refractivity contribution is -0.137. The number of amides is 1. The smallest absolute Gasteiger partial charge is 0.355 e. The molecule has 5 nitrogen and oxygen atoms in total. The molecule has 0 bridgehead atoms. The number of likely N-dealkylation sites (N-methyl/N-ethyl adjacent to an activating group) is 1. The van der Waals surface area contributed by atoms with E-state index in [1.807, 2.05) is 0 Å². The highest BCUT2D eigenvalue weighted by atomic mass is 32.2. The van der Waals surface area contributed by atoms with Crippen molar-refractivity contribution in [2.24, 2.45) is 0 Å². The molecule has 0 aliphatic heterocycles. The second-order valence-corrected chi connectivity index (χ2v) is 5.97. The number of benzene rings is 1. The van der Waals surface area contributed by atoms with Crippen molar-refractivity contribution in [2.45, 2.75) is 31.0 Å². The zero-order chi connectivity index (χ0) is 16.3. The summed E-state index contributed by atoms with van der Waals surface area (Å²) < 4.78 is 63.2. The first kappa shape index (κ1) is 17.4. The molecule has 1 aromatic carbocycles. The van der Waals surface area contributed by atoms with Crippen LogP contribution in [0.5, 0.6) is 0 Å². The lowest BCUT2D eigenvalue weighted by Gasteiger charge is -2.14. The van der Waals surface area contributed by atoms with Gasteiger partial charge in [0, 0.05) is 6.54 Å². The fourth-order valence-electron chi connectivity index (χ4n) is 1.50. The summed E-state index contributed by atoms with van der Waals surface area (Å²) in [6.07, 6.45) is -4.54. The molecule has 118 valence electrons. The number of hydrogen-bond acceptors (Lipinski definition) is 3. The molecule has 1 amide bonds. The minimum atomic E-state index is -4.54. The van der Waals surface area contributed by atoms with E-state index < -0.39 is 33.7 Å². The summed E-state index contributed by atoms with van der Waals surface area (Å²) in [4.78, 5) is 11.1. The molecule has 0 aromatic heterocycles. The molecule has 2 N–H and O–H groups in total. The van der Waals surface area contributed by atoms with Gasteiger partial charge in [-0.1, -0.05) is 0 Å². The number of nitrogens with one attached hydrogen (secondary N) is 2. The number of rotatable bonds is 5. The Bertz CT molecular complexity index is 597. The summed E-state index contributed by atoms with van der Waals surface area (Å²) in [5.74, 6) is -0.520. The van der Waals surface area contributed by atoms with Crippen LogP contribution in [0, 0.1) is 0 Å². The molecule has 1 aromatic rings. The van der Waals surface area contributed by atoms with E-state index in [1.54, 1.807) is 6.92 Å². The van der Waals surface area contributed by atoms with Gasteiger partial charge in [-0.15, -0.1) is 0 Å². The second kappa shape index (κ2) is 6.44. The summed E-state index contributed by atoms with van der Waals surface area (Å²) >= 11 is 0. The number of carbonyl (C=O) groups is 1. The molecule has 0 heterocycles. The summed E-state index contributed by atoms with van der Waals surface area (Å²) in [5.41, 5.74) is -0.946. The quantitative estimate of drug-likeness (QED) is 0.862. The van der Waals surface area contributed by atoms with Crippen LogP contribution >= 0.6 is 0 Å². The molecule has 0 aliphatic rings. The maximum absolute atomic E-state index is 12.4. The Kier molecular flexibility index (Phi) is 5.35. The standard InChI is InChI=1S/C12H15F3N2O3S/c1-3-16-11(18)8(2)17-21(19,20)10-6-4-9(5-7-10)12(13,14)15/h4-8,17H,3H2,1-2H3,(H,16,18)/t8-/m1/s1. The molecule has 0 saturated heterocycles. The third-order valence-electron chi connectivity index (χ3n) is 2.57. The Morgan fingerprint density at radius 2 is 1.76 bits per heavy atom. The van der Waals surface area contributed by atoms with Gasteiger partial charge in [-0.3, -0.25) is 4.79 Å². The number of carbonyl (C=O) groups excluding carboxylic acids is 1. The molecule has 0 spiro atoms. The van der Waals surface area contributed by atoms with Crippen molar-refractivity contribution in [1.29, 1.82) is 0 Å². The van der Waals surface area contributed by atoms with Crippen LogP contribution in [0.2, 0.25) is 0 Å². The fraction of sp³-hybridized carbons (Fsp3) is 0.417. The molecule has 0 fully saturated rings. The topological polar surface area (TPSA) is 75.3 Å². The van der Waals surface area contributed by atoms with Crippen LogP contribution in [0.3, 0.4) is 0 Å². The lowest BCUT2D eigenvalue weighted by Crippen LogP contribution is -2.44. The highest BCUT2D eigenvalue weighted by Gasteiger charge is 2.31. The third kappa shape index (κ3) is 4.71. The first-order chi connectivity index (χ1) is 9.58. The van der Waals surface area contributed by atoms with Crippen molar-refractivity contribution < 1.29 is 26.4 Å². The highest BCUT2D eigenvalue weighted by Crippen LogP contribution is 2.29. The molecule has 9 heteroatoms. The van der Waals surface area contributed by atoms with Gasteiger partial charge in [0.2, 0.25) is 15.9 Å². The van der Waals surface area contributed by atoms with Gasteiger partial charge in [-0.25, -0.2) is 8.42 Å². The van der Waals surface area contributed by atoms with E-state index in [0.717, 1.165) is 12.1 Å². The van der Waals surface area contributed by atoms with Crippen molar-refractivity contribution in [3.63, 3.8) is 0 Å². The monoisotopic (exact) mass is 324 g/mol. The van der Waals surface area contributed by atoms with Crippen LogP contribution in [0.4, 0.5) is 13.2 Å². The van der Waals surface area contributed by atoms with E-state index in [9.17, 15) is 26.4 Å². The Labute approximate surface area is 120 Å². The molecule has 1 atom stereocenters. The Balaban J connectivity index is 2.91. The molecule has 1 rings (SSSR count). The molecular formula is C12H15F3N2O3S. The first-order valence-electron chi connectivity index (χ1n) is 6.05. The van der Waals surface area contributed by atoms with Gasteiger partial charge >= 0.3 is 6.18 Å². The molecule has 0 saturated carbocycles. The summed E-state index contributed by atoms with van der Waals surface area (Å²) in [6.45, 7) is 3.35.